The maximum absolute atomic E-state index is 12.7. The Balaban J connectivity index is 1.65. The first kappa shape index (κ1) is 23.4. The fourth-order valence-corrected chi connectivity index (χ4v) is 4.80. The van der Waals surface area contributed by atoms with E-state index in [2.05, 4.69) is 10.6 Å². The summed E-state index contributed by atoms with van der Waals surface area (Å²) < 4.78 is 0. The van der Waals surface area contributed by atoms with Gasteiger partial charge < -0.3 is 20.5 Å². The van der Waals surface area contributed by atoms with E-state index in [1.165, 1.54) is 16.8 Å². The molecular weight excluding hydrogens is 438 g/mol. The molecule has 1 aromatic rings. The second-order valence-electron chi connectivity index (χ2n) is 7.12. The molecular formula is C20H25N5O6S. The van der Waals surface area contributed by atoms with Crippen LogP contribution in [0.5, 0.6) is 0 Å². The van der Waals surface area contributed by atoms with E-state index in [-0.39, 0.29) is 30.4 Å². The molecule has 0 radical (unpaired) electrons. The monoisotopic (exact) mass is 463 g/mol. The molecule has 2 N–H and O–H groups in total. The fourth-order valence-electron chi connectivity index (χ4n) is 3.47. The third kappa shape index (κ3) is 4.96. The smallest absolute Gasteiger partial charge is 0.352 e. The number of nitrogens with zero attached hydrogens (tertiary/aromatic N) is 4. The molecule has 0 aromatic heterocycles. The summed E-state index contributed by atoms with van der Waals surface area (Å²) in [6.45, 7) is 4.21. The Kier molecular flexibility index (Phi) is 7.57. The SMILES string of the molecule is CCN(CC)/[N+]([O-])=N/OCC1=C(C(=O)O)N2C(=O)C(NC(=O)Cc3ccccc3)C2SC1. The summed E-state index contributed by atoms with van der Waals surface area (Å²) in [7, 11) is 0. The molecule has 172 valence electrons. The van der Waals surface area contributed by atoms with Crippen LogP contribution >= 0.6 is 11.8 Å². The second kappa shape index (κ2) is 10.4. The van der Waals surface area contributed by atoms with Crippen LogP contribution in [0, 0.1) is 5.21 Å². The number of nitrogens with one attached hydrogen (secondary N) is 1. The zero-order valence-electron chi connectivity index (χ0n) is 17.8. The minimum atomic E-state index is -1.28. The Hall–Kier alpha value is -3.28. The standard InChI is InChI=1S/C20H25N5O6S/c1-3-23(4-2)25(30)22-31-11-14-12-32-19-16(18(27)24(19)17(14)20(28)29)21-15(26)10-13-8-6-5-7-9-13/h5-9,16,19H,3-4,10-12H2,1-2H3,(H,21,26)(H,28,29)/b25-22-. The number of β-lactam (4-membered cyclic amide) rings is 1. The summed E-state index contributed by atoms with van der Waals surface area (Å²) in [5, 5.41) is 28.5. The third-order valence-electron chi connectivity index (χ3n) is 5.11. The molecule has 2 aliphatic rings. The molecule has 1 fully saturated rings. The second-order valence-corrected chi connectivity index (χ2v) is 8.23. The highest BCUT2D eigenvalue weighted by molar-refractivity contribution is 8.00. The molecule has 1 aromatic carbocycles. The van der Waals surface area contributed by atoms with Gasteiger partial charge in [-0.2, -0.15) is 0 Å². The van der Waals surface area contributed by atoms with Crippen molar-refractivity contribution in [1.29, 1.82) is 0 Å². The van der Waals surface area contributed by atoms with Gasteiger partial charge in [0.05, 0.1) is 24.5 Å². The lowest BCUT2D eigenvalue weighted by molar-refractivity contribution is -0.709. The number of carbonyl (C=O) groups excluding carboxylic acids is 2. The van der Waals surface area contributed by atoms with Crippen molar-refractivity contribution in [3.05, 3.63) is 52.4 Å². The molecule has 1 saturated heterocycles. The van der Waals surface area contributed by atoms with E-state index in [4.69, 9.17) is 4.84 Å². The lowest BCUT2D eigenvalue weighted by atomic mass is 10.0. The Labute approximate surface area is 189 Å². The van der Waals surface area contributed by atoms with Crippen LogP contribution in [0.25, 0.3) is 0 Å². The number of fused-ring (bicyclic) bond motifs is 1. The molecule has 2 aliphatic heterocycles. The van der Waals surface area contributed by atoms with E-state index in [0.717, 1.165) is 10.5 Å². The average Bonchev–Trinajstić information content (AvgIpc) is 2.78. The van der Waals surface area contributed by atoms with Crippen molar-refractivity contribution in [2.75, 3.05) is 25.4 Å². The Bertz CT molecular complexity index is 934. The van der Waals surface area contributed by atoms with E-state index in [1.807, 2.05) is 30.3 Å². The highest BCUT2D eigenvalue weighted by atomic mass is 32.2. The number of benzene rings is 1. The van der Waals surface area contributed by atoms with Crippen molar-refractivity contribution in [1.82, 2.24) is 15.2 Å². The minimum Gasteiger partial charge on any atom is -0.569 e. The zero-order chi connectivity index (χ0) is 23.3. The van der Waals surface area contributed by atoms with Gasteiger partial charge in [0.2, 0.25) is 11.2 Å². The highest BCUT2D eigenvalue weighted by Crippen LogP contribution is 2.40. The van der Waals surface area contributed by atoms with Crippen LogP contribution < -0.4 is 5.32 Å². The highest BCUT2D eigenvalue weighted by Gasteiger charge is 2.54. The van der Waals surface area contributed by atoms with Gasteiger partial charge in [0.15, 0.2) is 0 Å². The lowest BCUT2D eigenvalue weighted by Gasteiger charge is -2.49. The number of rotatable bonds is 10. The largest absolute Gasteiger partial charge is 0.569 e. The van der Waals surface area contributed by atoms with Crippen molar-refractivity contribution in [2.24, 2.45) is 5.28 Å². The number of carboxylic acid groups (broad SMARTS) is 1. The van der Waals surface area contributed by atoms with Crippen LogP contribution in [0.3, 0.4) is 0 Å². The van der Waals surface area contributed by atoms with Crippen molar-refractivity contribution in [2.45, 2.75) is 31.7 Å². The molecule has 0 bridgehead atoms. The van der Waals surface area contributed by atoms with Gasteiger partial charge in [0, 0.05) is 11.3 Å². The fraction of sp³-hybridized carbons (Fsp3) is 0.450. The van der Waals surface area contributed by atoms with Crippen LogP contribution in [-0.4, -0.2) is 74.6 Å². The van der Waals surface area contributed by atoms with E-state index in [9.17, 15) is 24.7 Å². The van der Waals surface area contributed by atoms with E-state index in [0.29, 0.717) is 23.6 Å². The summed E-state index contributed by atoms with van der Waals surface area (Å²) in [6.07, 6.45) is 0.127. The third-order valence-corrected chi connectivity index (χ3v) is 6.45. The Morgan fingerprint density at radius 1 is 1.34 bits per heavy atom. The zero-order valence-corrected chi connectivity index (χ0v) is 18.6. The van der Waals surface area contributed by atoms with E-state index < -0.39 is 23.3 Å². The predicted molar refractivity (Wildman–Crippen MR) is 115 cm³/mol. The van der Waals surface area contributed by atoms with Crippen molar-refractivity contribution < 1.29 is 29.3 Å². The van der Waals surface area contributed by atoms with Gasteiger partial charge in [-0.25, -0.2) is 4.79 Å². The number of hydrazine groups is 1. The van der Waals surface area contributed by atoms with Gasteiger partial charge in [0.1, 0.15) is 23.7 Å². The molecule has 2 amide bonds. The predicted octanol–water partition coefficient (Wildman–Crippen LogP) is 1.12. The summed E-state index contributed by atoms with van der Waals surface area (Å²) in [6, 6.07) is 8.33. The number of hydrogen-bond donors (Lipinski definition) is 2. The molecule has 2 unspecified atom stereocenters. The molecule has 32 heavy (non-hydrogen) atoms. The summed E-state index contributed by atoms with van der Waals surface area (Å²) in [5.41, 5.74) is 0.956. The molecule has 0 saturated carbocycles. The minimum absolute atomic E-state index is 0.127. The van der Waals surface area contributed by atoms with Crippen LogP contribution in [0.4, 0.5) is 0 Å². The molecule has 2 heterocycles. The van der Waals surface area contributed by atoms with Crippen molar-refractivity contribution >= 4 is 29.5 Å². The number of aliphatic carboxylic acids is 1. The first-order valence-electron chi connectivity index (χ1n) is 10.2. The topological polar surface area (TPSA) is 138 Å². The van der Waals surface area contributed by atoms with E-state index >= 15 is 0 Å². The molecule has 0 aliphatic carbocycles. The number of hydrogen-bond acceptors (Lipinski definition) is 7. The number of thioether (sulfide) groups is 1. The van der Waals surface area contributed by atoms with E-state index in [1.54, 1.807) is 13.8 Å². The van der Waals surface area contributed by atoms with Crippen LogP contribution in [0.15, 0.2) is 46.9 Å². The van der Waals surface area contributed by atoms with Gasteiger partial charge in [-0.15, -0.1) is 16.8 Å². The van der Waals surface area contributed by atoms with Crippen molar-refractivity contribution in [3.8, 4) is 0 Å². The quantitative estimate of drug-likeness (QED) is 0.228. The average molecular weight is 464 g/mol. The van der Waals surface area contributed by atoms with Crippen molar-refractivity contribution in [3.63, 3.8) is 0 Å². The first-order valence-corrected chi connectivity index (χ1v) is 11.2. The van der Waals surface area contributed by atoms with Gasteiger partial charge in [-0.3, -0.25) is 14.5 Å². The number of carbonyl (C=O) groups is 3. The Morgan fingerprint density at radius 2 is 2.03 bits per heavy atom. The summed E-state index contributed by atoms with van der Waals surface area (Å²) in [5.74, 6) is -1.82. The first-order chi connectivity index (χ1) is 15.4. The molecule has 0 spiro atoms. The molecule has 3 rings (SSSR count). The van der Waals surface area contributed by atoms with Crippen LogP contribution in [0.2, 0.25) is 0 Å². The van der Waals surface area contributed by atoms with Gasteiger partial charge in [-0.05, 0) is 19.4 Å². The number of carboxylic acids is 1. The maximum Gasteiger partial charge on any atom is 0.352 e. The van der Waals surface area contributed by atoms with Crippen LogP contribution in [0.1, 0.15) is 19.4 Å². The van der Waals surface area contributed by atoms with Gasteiger partial charge >= 0.3 is 5.97 Å². The maximum atomic E-state index is 12.7. The normalized spacial score (nSPS) is 20.4. The van der Waals surface area contributed by atoms with Gasteiger partial charge in [-0.1, -0.05) is 30.3 Å². The number of amides is 2. The summed E-state index contributed by atoms with van der Waals surface area (Å²) in [4.78, 5) is 43.4. The summed E-state index contributed by atoms with van der Waals surface area (Å²) >= 11 is 1.32. The lowest BCUT2D eigenvalue weighted by Crippen LogP contribution is -2.70. The van der Waals surface area contributed by atoms with Gasteiger partial charge in [0.25, 0.3) is 5.91 Å². The Morgan fingerprint density at radius 3 is 2.66 bits per heavy atom. The molecule has 12 heteroatoms. The van der Waals surface area contributed by atoms with Crippen LogP contribution in [-0.2, 0) is 25.6 Å². The molecule has 2 atom stereocenters. The molecule has 11 nitrogen and oxygen atoms in total.